The fourth-order valence-electron chi connectivity index (χ4n) is 4.11. The number of hydrogen-bond acceptors (Lipinski definition) is 3. The Balaban J connectivity index is 1.55. The highest BCUT2D eigenvalue weighted by molar-refractivity contribution is 5.98. The van der Waals surface area contributed by atoms with Crippen LogP contribution < -0.4 is 4.74 Å². The zero-order valence-electron chi connectivity index (χ0n) is 16.3. The number of para-hydroxylation sites is 1. The lowest BCUT2D eigenvalue weighted by Crippen LogP contribution is -2.43. The van der Waals surface area contributed by atoms with Crippen LogP contribution in [-0.4, -0.2) is 47.4 Å². The maximum absolute atomic E-state index is 13.3. The first-order valence-electron chi connectivity index (χ1n) is 10.0. The number of carbonyl (C=O) groups excluding carboxylic acids is 2. The van der Waals surface area contributed by atoms with Crippen molar-refractivity contribution in [3.63, 3.8) is 0 Å². The maximum Gasteiger partial charge on any atom is 0.257 e. The Bertz CT molecular complexity index is 865. The molecular weight excluding hydrogens is 352 g/mol. The number of benzene rings is 2. The van der Waals surface area contributed by atoms with Gasteiger partial charge >= 0.3 is 0 Å². The fourth-order valence-corrected chi connectivity index (χ4v) is 4.11. The van der Waals surface area contributed by atoms with Gasteiger partial charge in [0.1, 0.15) is 5.75 Å². The molecule has 0 saturated carbocycles. The van der Waals surface area contributed by atoms with Crippen molar-refractivity contribution in [3.8, 4) is 5.75 Å². The van der Waals surface area contributed by atoms with E-state index >= 15 is 0 Å². The zero-order valence-corrected chi connectivity index (χ0v) is 16.3. The average Bonchev–Trinajstić information content (AvgIpc) is 3.15. The van der Waals surface area contributed by atoms with E-state index in [9.17, 15) is 9.59 Å². The summed E-state index contributed by atoms with van der Waals surface area (Å²) in [6.45, 7) is 4.29. The summed E-state index contributed by atoms with van der Waals surface area (Å²) in [5, 5.41) is 0. The third-order valence-electron chi connectivity index (χ3n) is 5.69. The Morgan fingerprint density at radius 2 is 1.93 bits per heavy atom. The lowest BCUT2D eigenvalue weighted by atomic mass is 10.1. The second kappa shape index (κ2) is 8.05. The summed E-state index contributed by atoms with van der Waals surface area (Å²) in [6.07, 6.45) is 2.01. The summed E-state index contributed by atoms with van der Waals surface area (Å²) in [5.41, 5.74) is 2.83. The van der Waals surface area contributed by atoms with Crippen LogP contribution in [0.15, 0.2) is 48.5 Å². The van der Waals surface area contributed by atoms with Crippen LogP contribution in [0.1, 0.15) is 41.3 Å². The quantitative estimate of drug-likeness (QED) is 0.820. The van der Waals surface area contributed by atoms with Crippen molar-refractivity contribution in [2.45, 2.75) is 38.8 Å². The van der Waals surface area contributed by atoms with E-state index in [0.717, 1.165) is 29.7 Å². The Hall–Kier alpha value is -2.82. The van der Waals surface area contributed by atoms with E-state index in [0.29, 0.717) is 38.2 Å². The van der Waals surface area contributed by atoms with Gasteiger partial charge in [0.15, 0.2) is 0 Å². The van der Waals surface area contributed by atoms with Crippen LogP contribution in [0.3, 0.4) is 0 Å². The molecule has 1 fully saturated rings. The molecule has 0 unspecified atom stereocenters. The summed E-state index contributed by atoms with van der Waals surface area (Å²) in [5.74, 6) is 0.796. The summed E-state index contributed by atoms with van der Waals surface area (Å²) < 4.78 is 5.72. The average molecular weight is 378 g/mol. The van der Waals surface area contributed by atoms with Crippen LogP contribution in [0.25, 0.3) is 0 Å². The lowest BCUT2D eigenvalue weighted by molar-refractivity contribution is -0.133. The number of rotatable bonds is 4. The highest BCUT2D eigenvalue weighted by atomic mass is 16.5. The molecule has 28 heavy (non-hydrogen) atoms. The van der Waals surface area contributed by atoms with E-state index in [4.69, 9.17) is 4.74 Å². The van der Waals surface area contributed by atoms with Gasteiger partial charge in [-0.1, -0.05) is 49.4 Å². The molecule has 146 valence electrons. The van der Waals surface area contributed by atoms with Crippen molar-refractivity contribution in [1.29, 1.82) is 0 Å². The summed E-state index contributed by atoms with van der Waals surface area (Å²) >= 11 is 0. The number of ether oxygens (including phenoxy) is 1. The minimum atomic E-state index is -0.0356. The molecule has 2 aliphatic rings. The molecule has 2 aliphatic heterocycles. The third kappa shape index (κ3) is 3.61. The van der Waals surface area contributed by atoms with E-state index in [1.807, 2.05) is 58.3 Å². The van der Waals surface area contributed by atoms with Crippen molar-refractivity contribution in [2.75, 3.05) is 19.7 Å². The second-order valence-corrected chi connectivity index (χ2v) is 7.46. The zero-order chi connectivity index (χ0) is 19.5. The minimum Gasteiger partial charge on any atom is -0.492 e. The highest BCUT2D eigenvalue weighted by Crippen LogP contribution is 2.31. The van der Waals surface area contributed by atoms with Crippen molar-refractivity contribution >= 4 is 11.8 Å². The van der Waals surface area contributed by atoms with Crippen LogP contribution in [0.2, 0.25) is 0 Å². The molecule has 0 radical (unpaired) electrons. The number of amides is 2. The maximum atomic E-state index is 13.3. The van der Waals surface area contributed by atoms with Gasteiger partial charge in [-0.3, -0.25) is 9.59 Å². The van der Waals surface area contributed by atoms with E-state index in [1.54, 1.807) is 0 Å². The van der Waals surface area contributed by atoms with E-state index in [2.05, 4.69) is 6.92 Å². The summed E-state index contributed by atoms with van der Waals surface area (Å²) in [7, 11) is 0. The van der Waals surface area contributed by atoms with Gasteiger partial charge in [-0.25, -0.2) is 0 Å². The molecule has 2 amide bonds. The molecule has 2 aromatic carbocycles. The number of fused-ring (bicyclic) bond motifs is 1. The van der Waals surface area contributed by atoms with Gasteiger partial charge in [-0.2, -0.15) is 0 Å². The minimum absolute atomic E-state index is 0.0110. The molecule has 5 nitrogen and oxygen atoms in total. The Kier molecular flexibility index (Phi) is 5.33. The molecule has 0 bridgehead atoms. The molecule has 0 aliphatic carbocycles. The first kappa shape index (κ1) is 18.5. The Morgan fingerprint density at radius 1 is 1.11 bits per heavy atom. The van der Waals surface area contributed by atoms with Crippen LogP contribution in [0, 0.1) is 0 Å². The van der Waals surface area contributed by atoms with E-state index in [-0.39, 0.29) is 17.9 Å². The number of hydrogen-bond donors (Lipinski definition) is 0. The van der Waals surface area contributed by atoms with Crippen molar-refractivity contribution in [1.82, 2.24) is 9.80 Å². The predicted molar refractivity (Wildman–Crippen MR) is 107 cm³/mol. The molecule has 2 heterocycles. The Labute approximate surface area is 165 Å². The van der Waals surface area contributed by atoms with Gasteiger partial charge in [0.25, 0.3) is 5.91 Å². The molecule has 2 aromatic rings. The molecule has 4 rings (SSSR count). The van der Waals surface area contributed by atoms with E-state index in [1.165, 1.54) is 0 Å². The van der Waals surface area contributed by atoms with E-state index < -0.39 is 0 Å². The summed E-state index contributed by atoms with van der Waals surface area (Å²) in [4.78, 5) is 29.9. The smallest absolute Gasteiger partial charge is 0.257 e. The number of nitrogens with zero attached hydrogens (tertiary/aromatic N) is 2. The second-order valence-electron chi connectivity index (χ2n) is 7.46. The highest BCUT2D eigenvalue weighted by Gasteiger charge is 2.32. The third-order valence-corrected chi connectivity index (χ3v) is 5.69. The van der Waals surface area contributed by atoms with Gasteiger partial charge in [-0.15, -0.1) is 0 Å². The normalized spacial score (nSPS) is 19.2. The van der Waals surface area contributed by atoms with Gasteiger partial charge < -0.3 is 14.5 Å². The van der Waals surface area contributed by atoms with Crippen LogP contribution in [0.5, 0.6) is 5.75 Å². The van der Waals surface area contributed by atoms with Crippen molar-refractivity contribution < 1.29 is 14.3 Å². The Morgan fingerprint density at radius 3 is 2.71 bits per heavy atom. The molecule has 0 aromatic heterocycles. The van der Waals surface area contributed by atoms with Gasteiger partial charge in [0.2, 0.25) is 5.91 Å². The summed E-state index contributed by atoms with van der Waals surface area (Å²) in [6, 6.07) is 15.8. The largest absolute Gasteiger partial charge is 0.492 e. The molecular formula is C23H26N2O3. The van der Waals surface area contributed by atoms with Crippen LogP contribution in [0.4, 0.5) is 0 Å². The molecule has 1 atom stereocenters. The molecule has 0 spiro atoms. The van der Waals surface area contributed by atoms with Crippen molar-refractivity contribution in [3.05, 3.63) is 65.2 Å². The van der Waals surface area contributed by atoms with Gasteiger partial charge in [-0.05, 0) is 23.6 Å². The van der Waals surface area contributed by atoms with Gasteiger partial charge in [0.05, 0.1) is 12.2 Å². The first-order chi connectivity index (χ1) is 13.7. The predicted octanol–water partition coefficient (Wildman–Crippen LogP) is 3.27. The fraction of sp³-hybridized carbons (Fsp3) is 0.391. The topological polar surface area (TPSA) is 49.9 Å². The molecule has 1 saturated heterocycles. The van der Waals surface area contributed by atoms with Crippen LogP contribution >= 0.6 is 0 Å². The van der Waals surface area contributed by atoms with Crippen LogP contribution in [-0.2, 0) is 17.8 Å². The lowest BCUT2D eigenvalue weighted by Gasteiger charge is -2.31. The number of carbonyl (C=O) groups is 2. The van der Waals surface area contributed by atoms with Gasteiger partial charge in [0, 0.05) is 38.5 Å². The molecule has 0 N–H and O–H groups in total. The molecule has 5 heteroatoms. The monoisotopic (exact) mass is 378 g/mol. The van der Waals surface area contributed by atoms with Crippen molar-refractivity contribution in [2.24, 2.45) is 0 Å². The SMILES string of the molecule is CC[C@H]1CN(C(=O)c2cccc3c2OCC3)CCC(=O)N1Cc1ccccc1. The standard InChI is InChI=1S/C23H26N2O3/c1-2-19-16-24(23(27)20-10-6-9-18-12-14-28-22(18)20)13-11-21(26)25(19)15-17-7-4-3-5-8-17/h3-10,19H,2,11-16H2,1H3/t19-/m0/s1. The first-order valence-corrected chi connectivity index (χ1v) is 10.0.